The second-order valence-corrected chi connectivity index (χ2v) is 10.2. The van der Waals surface area contributed by atoms with Gasteiger partial charge in [0, 0.05) is 26.2 Å². The van der Waals surface area contributed by atoms with Gasteiger partial charge in [-0.2, -0.15) is 0 Å². The number of hydrogen-bond donors (Lipinski definition) is 2. The molecule has 1 rings (SSSR count). The average Bonchev–Trinajstić information content (AvgIpc) is 3.17. The van der Waals surface area contributed by atoms with Crippen LogP contribution in [-0.4, -0.2) is 65.6 Å². The summed E-state index contributed by atoms with van der Waals surface area (Å²) in [4.78, 5) is 4.79. The summed E-state index contributed by atoms with van der Waals surface area (Å²) in [6.07, 6.45) is 28.6. The third-order valence-corrected chi connectivity index (χ3v) is 7.36. The Kier molecular flexibility index (Phi) is 21.1. The van der Waals surface area contributed by atoms with E-state index in [9.17, 15) is 10.2 Å². The number of nitrogens with zero attached hydrogens (tertiary/aromatic N) is 2. The Hall–Kier alpha value is -0.160. The van der Waals surface area contributed by atoms with Gasteiger partial charge in [-0.05, 0) is 6.42 Å². The molecule has 2 N–H and O–H groups in total. The highest BCUT2D eigenvalue weighted by atomic mass is 16.3. The molecule has 0 aromatic heterocycles. The van der Waals surface area contributed by atoms with Crippen molar-refractivity contribution in [3.8, 4) is 0 Å². The van der Waals surface area contributed by atoms with Crippen LogP contribution in [0.2, 0.25) is 0 Å². The van der Waals surface area contributed by atoms with Gasteiger partial charge >= 0.3 is 0 Å². The van der Waals surface area contributed by atoms with Crippen molar-refractivity contribution in [2.45, 2.75) is 142 Å². The first-order valence-corrected chi connectivity index (χ1v) is 14.5. The molecule has 0 amide bonds. The SMILES string of the molecule is CCCCCCCCCCCCCCCCCCCCCC1N(CCO)CCN1CCO. The molecule has 1 heterocycles. The van der Waals surface area contributed by atoms with Gasteiger partial charge in [-0.25, -0.2) is 0 Å². The minimum absolute atomic E-state index is 0.239. The fourth-order valence-corrected chi connectivity index (χ4v) is 5.33. The molecule has 0 aromatic rings. The van der Waals surface area contributed by atoms with Crippen LogP contribution >= 0.6 is 0 Å². The number of unbranched alkanes of at least 4 members (excludes halogenated alkanes) is 18. The van der Waals surface area contributed by atoms with Crippen LogP contribution in [0.25, 0.3) is 0 Å². The lowest BCUT2D eigenvalue weighted by Crippen LogP contribution is -2.41. The summed E-state index contributed by atoms with van der Waals surface area (Å²) in [6, 6.07) is 0. The smallest absolute Gasteiger partial charge is 0.0624 e. The van der Waals surface area contributed by atoms with Gasteiger partial charge < -0.3 is 10.2 Å². The molecule has 192 valence electrons. The average molecular weight is 455 g/mol. The minimum Gasteiger partial charge on any atom is -0.395 e. The van der Waals surface area contributed by atoms with Crippen molar-refractivity contribution in [1.29, 1.82) is 0 Å². The fourth-order valence-electron chi connectivity index (χ4n) is 5.33. The summed E-state index contributed by atoms with van der Waals surface area (Å²) in [5.41, 5.74) is 0. The first kappa shape index (κ1) is 29.9. The van der Waals surface area contributed by atoms with Gasteiger partial charge in [0.25, 0.3) is 0 Å². The summed E-state index contributed by atoms with van der Waals surface area (Å²) in [7, 11) is 0. The highest BCUT2D eigenvalue weighted by Gasteiger charge is 2.30. The van der Waals surface area contributed by atoms with Gasteiger partial charge in [-0.15, -0.1) is 0 Å². The Bertz CT molecular complexity index is 366. The number of aliphatic hydroxyl groups excluding tert-OH is 2. The van der Waals surface area contributed by atoms with Crippen molar-refractivity contribution >= 4 is 0 Å². The summed E-state index contributed by atoms with van der Waals surface area (Å²) in [5.74, 6) is 0. The van der Waals surface area contributed by atoms with Crippen molar-refractivity contribution in [3.63, 3.8) is 0 Å². The first-order valence-electron chi connectivity index (χ1n) is 14.5. The standard InChI is InChI=1S/C28H58N2O2/c1-2-3-4-5-6-7-8-9-10-11-12-13-14-15-16-17-18-19-20-21-28-29(24-26-31)22-23-30(28)25-27-32/h28,31-32H,2-27H2,1H3. The van der Waals surface area contributed by atoms with Crippen LogP contribution in [0.1, 0.15) is 135 Å². The molecule has 0 bridgehead atoms. The normalized spacial score (nSPS) is 15.8. The molecule has 4 nitrogen and oxygen atoms in total. The Labute approximate surface area is 201 Å². The van der Waals surface area contributed by atoms with Crippen molar-refractivity contribution in [2.75, 3.05) is 39.4 Å². The molecule has 32 heavy (non-hydrogen) atoms. The highest BCUT2D eigenvalue weighted by molar-refractivity contribution is 4.81. The Morgan fingerprint density at radius 3 is 1.12 bits per heavy atom. The van der Waals surface area contributed by atoms with Crippen LogP contribution in [-0.2, 0) is 0 Å². The van der Waals surface area contributed by atoms with Crippen molar-refractivity contribution in [3.05, 3.63) is 0 Å². The van der Waals surface area contributed by atoms with Crippen LogP contribution in [0.15, 0.2) is 0 Å². The summed E-state index contributed by atoms with van der Waals surface area (Å²) in [6.45, 7) is 6.37. The van der Waals surface area contributed by atoms with Crippen molar-refractivity contribution in [2.24, 2.45) is 0 Å². The lowest BCUT2D eigenvalue weighted by Gasteiger charge is -2.29. The van der Waals surface area contributed by atoms with Crippen molar-refractivity contribution < 1.29 is 10.2 Å². The third kappa shape index (κ3) is 15.6. The monoisotopic (exact) mass is 454 g/mol. The number of β-amino-alcohol motifs (C(OH)–C–C–N with tert-alkyl or cyclic N) is 2. The lowest BCUT2D eigenvalue weighted by atomic mass is 10.0. The Morgan fingerprint density at radius 1 is 0.500 bits per heavy atom. The largest absolute Gasteiger partial charge is 0.395 e. The molecular formula is C28H58N2O2. The zero-order chi connectivity index (χ0) is 23.1. The van der Waals surface area contributed by atoms with E-state index >= 15 is 0 Å². The van der Waals surface area contributed by atoms with E-state index in [4.69, 9.17) is 0 Å². The quantitative estimate of drug-likeness (QED) is 0.159. The number of rotatable bonds is 24. The summed E-state index contributed by atoms with van der Waals surface area (Å²) >= 11 is 0. The second-order valence-electron chi connectivity index (χ2n) is 10.2. The maximum absolute atomic E-state index is 9.29. The van der Waals surface area contributed by atoms with Gasteiger partial charge in [0.1, 0.15) is 0 Å². The zero-order valence-corrected chi connectivity index (χ0v) is 21.8. The molecule has 0 unspecified atom stereocenters. The molecule has 0 aliphatic carbocycles. The number of hydrogen-bond acceptors (Lipinski definition) is 4. The molecule has 1 aliphatic heterocycles. The predicted molar refractivity (Wildman–Crippen MR) is 139 cm³/mol. The van der Waals surface area contributed by atoms with Gasteiger partial charge in [-0.1, -0.05) is 129 Å². The van der Waals surface area contributed by atoms with Crippen molar-refractivity contribution in [1.82, 2.24) is 9.80 Å². The lowest BCUT2D eigenvalue weighted by molar-refractivity contribution is 0.0910. The van der Waals surface area contributed by atoms with Gasteiger partial charge in [-0.3, -0.25) is 9.80 Å². The maximum Gasteiger partial charge on any atom is 0.0624 e. The van der Waals surface area contributed by atoms with Crippen LogP contribution < -0.4 is 0 Å². The molecule has 1 fully saturated rings. The van der Waals surface area contributed by atoms with E-state index in [0.717, 1.165) is 26.2 Å². The minimum atomic E-state index is 0.239. The van der Waals surface area contributed by atoms with Crippen LogP contribution in [0.5, 0.6) is 0 Å². The Balaban J connectivity index is 1.82. The molecule has 0 aromatic carbocycles. The fraction of sp³-hybridized carbons (Fsp3) is 1.00. The van der Waals surface area contributed by atoms with Crippen LogP contribution in [0.3, 0.4) is 0 Å². The van der Waals surface area contributed by atoms with E-state index in [1.54, 1.807) is 0 Å². The molecule has 1 saturated heterocycles. The second kappa shape index (κ2) is 22.6. The zero-order valence-electron chi connectivity index (χ0n) is 21.8. The van der Waals surface area contributed by atoms with Crippen LogP contribution in [0, 0.1) is 0 Å². The topological polar surface area (TPSA) is 46.9 Å². The van der Waals surface area contributed by atoms with E-state index in [1.807, 2.05) is 0 Å². The van der Waals surface area contributed by atoms with Crippen LogP contribution in [0.4, 0.5) is 0 Å². The summed E-state index contributed by atoms with van der Waals surface area (Å²) < 4.78 is 0. The van der Waals surface area contributed by atoms with E-state index in [2.05, 4.69) is 16.7 Å². The molecular weight excluding hydrogens is 396 g/mol. The first-order chi connectivity index (χ1) is 15.8. The predicted octanol–water partition coefficient (Wildman–Crippen LogP) is 6.74. The van der Waals surface area contributed by atoms with Gasteiger partial charge in [0.05, 0.1) is 19.4 Å². The molecule has 4 heteroatoms. The molecule has 0 radical (unpaired) electrons. The van der Waals surface area contributed by atoms with E-state index in [1.165, 1.54) is 128 Å². The van der Waals surface area contributed by atoms with Gasteiger partial charge in [0.15, 0.2) is 0 Å². The molecule has 0 spiro atoms. The molecule has 0 atom stereocenters. The maximum atomic E-state index is 9.29. The van der Waals surface area contributed by atoms with E-state index in [0.29, 0.717) is 6.17 Å². The van der Waals surface area contributed by atoms with E-state index < -0.39 is 0 Å². The number of aliphatic hydroxyl groups is 2. The van der Waals surface area contributed by atoms with Gasteiger partial charge in [0.2, 0.25) is 0 Å². The third-order valence-electron chi connectivity index (χ3n) is 7.36. The van der Waals surface area contributed by atoms with E-state index in [-0.39, 0.29) is 13.2 Å². The Morgan fingerprint density at radius 2 is 0.812 bits per heavy atom. The summed E-state index contributed by atoms with van der Waals surface area (Å²) in [5, 5.41) is 18.6. The molecule has 0 saturated carbocycles. The molecule has 1 aliphatic rings. The highest BCUT2D eigenvalue weighted by Crippen LogP contribution is 2.20.